The topological polar surface area (TPSA) is 64.0 Å². The Hall–Kier alpha value is -2.15. The standard InChI is InChI=1S/C16H16FN3O2S/c1-3-23-16-19-15(22)13-11(9-5-4-6-10(17)7-9)8-12(21)18-14(13)20(16)2/h4-7,11H,3,8H2,1-2H3,(H,18,21)/t11-/m1/s1. The summed E-state index contributed by atoms with van der Waals surface area (Å²) in [5.41, 5.74) is 0.650. The van der Waals surface area contributed by atoms with E-state index < -0.39 is 11.7 Å². The van der Waals surface area contributed by atoms with Crippen molar-refractivity contribution < 1.29 is 9.18 Å². The van der Waals surface area contributed by atoms with E-state index in [1.807, 2.05) is 6.92 Å². The molecule has 23 heavy (non-hydrogen) atoms. The summed E-state index contributed by atoms with van der Waals surface area (Å²) >= 11 is 1.43. The molecule has 0 radical (unpaired) electrons. The van der Waals surface area contributed by atoms with Crippen LogP contribution in [0, 0.1) is 5.82 Å². The Morgan fingerprint density at radius 2 is 2.22 bits per heavy atom. The summed E-state index contributed by atoms with van der Waals surface area (Å²) in [7, 11) is 1.76. The molecule has 2 heterocycles. The van der Waals surface area contributed by atoms with Crippen LogP contribution in [0.15, 0.2) is 34.2 Å². The van der Waals surface area contributed by atoms with Crippen molar-refractivity contribution in [2.45, 2.75) is 24.4 Å². The number of fused-ring (bicyclic) bond motifs is 1. The molecular weight excluding hydrogens is 317 g/mol. The predicted molar refractivity (Wildman–Crippen MR) is 87.4 cm³/mol. The highest BCUT2D eigenvalue weighted by Crippen LogP contribution is 2.35. The summed E-state index contributed by atoms with van der Waals surface area (Å²) < 4.78 is 15.3. The highest BCUT2D eigenvalue weighted by atomic mass is 32.2. The molecule has 1 aliphatic rings. The van der Waals surface area contributed by atoms with E-state index >= 15 is 0 Å². The fourth-order valence-electron chi connectivity index (χ4n) is 2.80. The molecule has 3 rings (SSSR count). The Labute approximate surface area is 136 Å². The molecule has 0 bridgehead atoms. The van der Waals surface area contributed by atoms with Gasteiger partial charge < -0.3 is 9.88 Å². The molecule has 0 spiro atoms. The molecule has 0 saturated heterocycles. The van der Waals surface area contributed by atoms with Crippen LogP contribution in [0.4, 0.5) is 10.2 Å². The van der Waals surface area contributed by atoms with Crippen molar-refractivity contribution in [1.29, 1.82) is 0 Å². The van der Waals surface area contributed by atoms with Crippen LogP contribution in [-0.2, 0) is 11.8 Å². The van der Waals surface area contributed by atoms with Crippen LogP contribution >= 0.6 is 11.8 Å². The van der Waals surface area contributed by atoms with E-state index in [1.165, 1.54) is 23.9 Å². The second kappa shape index (κ2) is 6.16. The molecule has 0 unspecified atom stereocenters. The Morgan fingerprint density at radius 1 is 1.43 bits per heavy atom. The Kier molecular flexibility index (Phi) is 4.21. The van der Waals surface area contributed by atoms with Crippen LogP contribution in [0.3, 0.4) is 0 Å². The lowest BCUT2D eigenvalue weighted by Crippen LogP contribution is -2.33. The van der Waals surface area contributed by atoms with Crippen LogP contribution in [0.25, 0.3) is 0 Å². The summed E-state index contributed by atoms with van der Waals surface area (Å²) in [6.45, 7) is 1.96. The summed E-state index contributed by atoms with van der Waals surface area (Å²) in [5.74, 6) is 0.145. The van der Waals surface area contributed by atoms with Crippen molar-refractivity contribution >= 4 is 23.5 Å². The summed E-state index contributed by atoms with van der Waals surface area (Å²) in [5, 5.41) is 3.31. The molecule has 1 aliphatic heterocycles. The molecule has 1 aromatic heterocycles. The van der Waals surface area contributed by atoms with E-state index in [1.54, 1.807) is 23.7 Å². The molecular formula is C16H16FN3O2S. The summed E-state index contributed by atoms with van der Waals surface area (Å²) in [6, 6.07) is 6.01. The van der Waals surface area contributed by atoms with E-state index in [0.29, 0.717) is 22.1 Å². The fraction of sp³-hybridized carbons (Fsp3) is 0.312. The smallest absolute Gasteiger partial charge is 0.279 e. The van der Waals surface area contributed by atoms with Crippen LogP contribution in [0.1, 0.15) is 30.4 Å². The molecule has 1 N–H and O–H groups in total. The van der Waals surface area contributed by atoms with Crippen molar-refractivity contribution in [3.8, 4) is 0 Å². The van der Waals surface area contributed by atoms with Crippen molar-refractivity contribution in [2.75, 3.05) is 11.1 Å². The van der Waals surface area contributed by atoms with Gasteiger partial charge in [0.2, 0.25) is 5.91 Å². The van der Waals surface area contributed by atoms with Gasteiger partial charge in [-0.15, -0.1) is 0 Å². The monoisotopic (exact) mass is 333 g/mol. The number of rotatable bonds is 3. The zero-order chi connectivity index (χ0) is 16.6. The number of thioether (sulfide) groups is 1. The van der Waals surface area contributed by atoms with Crippen molar-refractivity contribution in [3.05, 3.63) is 51.6 Å². The van der Waals surface area contributed by atoms with Gasteiger partial charge in [-0.2, -0.15) is 4.98 Å². The number of amides is 1. The third-order valence-corrected chi connectivity index (χ3v) is 4.74. The molecule has 1 aromatic carbocycles. The lowest BCUT2D eigenvalue weighted by Gasteiger charge is -2.27. The average Bonchev–Trinajstić information content (AvgIpc) is 2.51. The number of aromatic nitrogens is 2. The Balaban J connectivity index is 2.20. The SMILES string of the molecule is CCSc1nc(=O)c2c(n1C)NC(=O)C[C@@H]2c1cccc(F)c1. The largest absolute Gasteiger partial charge is 0.312 e. The quantitative estimate of drug-likeness (QED) is 0.692. The Morgan fingerprint density at radius 3 is 2.91 bits per heavy atom. The van der Waals surface area contributed by atoms with E-state index in [0.717, 1.165) is 5.75 Å². The number of nitrogens with one attached hydrogen (secondary N) is 1. The van der Waals surface area contributed by atoms with Gasteiger partial charge in [0.25, 0.3) is 5.56 Å². The number of nitrogens with zero attached hydrogens (tertiary/aromatic N) is 2. The van der Waals surface area contributed by atoms with Gasteiger partial charge in [0.15, 0.2) is 5.16 Å². The minimum atomic E-state index is -0.485. The lowest BCUT2D eigenvalue weighted by atomic mass is 9.87. The third kappa shape index (κ3) is 2.88. The molecule has 1 amide bonds. The molecule has 2 aromatic rings. The van der Waals surface area contributed by atoms with E-state index in [2.05, 4.69) is 10.3 Å². The minimum absolute atomic E-state index is 0.105. The maximum absolute atomic E-state index is 13.5. The molecule has 0 aliphatic carbocycles. The second-order valence-electron chi connectivity index (χ2n) is 5.31. The predicted octanol–water partition coefficient (Wildman–Crippen LogP) is 2.51. The lowest BCUT2D eigenvalue weighted by molar-refractivity contribution is -0.116. The number of carbonyl (C=O) groups excluding carboxylic acids is 1. The number of hydrogen-bond acceptors (Lipinski definition) is 4. The van der Waals surface area contributed by atoms with Gasteiger partial charge in [0, 0.05) is 19.4 Å². The van der Waals surface area contributed by atoms with Gasteiger partial charge in [0.1, 0.15) is 11.6 Å². The van der Waals surface area contributed by atoms with E-state index in [-0.39, 0.29) is 17.9 Å². The first-order valence-corrected chi connectivity index (χ1v) is 8.28. The number of carbonyl (C=O) groups is 1. The minimum Gasteiger partial charge on any atom is -0.312 e. The molecule has 120 valence electrons. The van der Waals surface area contributed by atoms with Gasteiger partial charge >= 0.3 is 0 Å². The zero-order valence-electron chi connectivity index (χ0n) is 12.8. The molecule has 5 nitrogen and oxygen atoms in total. The van der Waals surface area contributed by atoms with Crippen LogP contribution in [0.5, 0.6) is 0 Å². The summed E-state index contributed by atoms with van der Waals surface area (Å²) in [6.07, 6.45) is 0.105. The number of hydrogen-bond donors (Lipinski definition) is 1. The first-order chi connectivity index (χ1) is 11.0. The highest BCUT2D eigenvalue weighted by Gasteiger charge is 2.32. The first-order valence-electron chi connectivity index (χ1n) is 7.30. The van der Waals surface area contributed by atoms with Gasteiger partial charge in [-0.3, -0.25) is 9.59 Å². The van der Waals surface area contributed by atoms with Gasteiger partial charge in [0.05, 0.1) is 5.56 Å². The van der Waals surface area contributed by atoms with Gasteiger partial charge in [-0.1, -0.05) is 30.8 Å². The molecule has 0 saturated carbocycles. The zero-order valence-corrected chi connectivity index (χ0v) is 13.6. The number of benzene rings is 1. The molecule has 1 atom stereocenters. The second-order valence-corrected chi connectivity index (χ2v) is 6.54. The van der Waals surface area contributed by atoms with Gasteiger partial charge in [-0.25, -0.2) is 4.39 Å². The fourth-order valence-corrected chi connectivity index (χ4v) is 3.49. The maximum atomic E-state index is 13.5. The highest BCUT2D eigenvalue weighted by molar-refractivity contribution is 7.99. The van der Waals surface area contributed by atoms with Crippen molar-refractivity contribution in [2.24, 2.45) is 7.05 Å². The van der Waals surface area contributed by atoms with Crippen LogP contribution in [0.2, 0.25) is 0 Å². The third-order valence-electron chi connectivity index (χ3n) is 3.83. The van der Waals surface area contributed by atoms with E-state index in [9.17, 15) is 14.0 Å². The molecule has 7 heteroatoms. The number of anilines is 1. The number of halogens is 1. The maximum Gasteiger partial charge on any atom is 0.279 e. The first kappa shape index (κ1) is 15.7. The van der Waals surface area contributed by atoms with Crippen molar-refractivity contribution in [3.63, 3.8) is 0 Å². The molecule has 0 fully saturated rings. The normalized spacial score (nSPS) is 16.8. The van der Waals surface area contributed by atoms with Crippen LogP contribution in [-0.4, -0.2) is 21.2 Å². The summed E-state index contributed by atoms with van der Waals surface area (Å²) in [4.78, 5) is 28.7. The Bertz CT molecular complexity index is 835. The van der Waals surface area contributed by atoms with Crippen molar-refractivity contribution in [1.82, 2.24) is 9.55 Å². The van der Waals surface area contributed by atoms with E-state index in [4.69, 9.17) is 0 Å². The van der Waals surface area contributed by atoms with Gasteiger partial charge in [-0.05, 0) is 23.4 Å². The van der Waals surface area contributed by atoms with Crippen LogP contribution < -0.4 is 10.9 Å². The average molecular weight is 333 g/mol.